The van der Waals surface area contributed by atoms with E-state index in [1.54, 1.807) is 12.1 Å². The highest BCUT2D eigenvalue weighted by Gasteiger charge is 2.44. The Morgan fingerprint density at radius 2 is 1.70 bits per heavy atom. The predicted octanol–water partition coefficient (Wildman–Crippen LogP) is 6.21. The minimum Gasteiger partial charge on any atom is -0.406 e. The second-order valence-electron chi connectivity index (χ2n) is 11.5. The molecule has 2 saturated heterocycles. The van der Waals surface area contributed by atoms with Gasteiger partial charge in [0, 0.05) is 43.5 Å². The second-order valence-corrected chi connectivity index (χ2v) is 11.5. The van der Waals surface area contributed by atoms with E-state index in [1.165, 1.54) is 12.1 Å². The Kier molecular flexibility index (Phi) is 9.33. The summed E-state index contributed by atoms with van der Waals surface area (Å²) in [6, 6.07) is 15.6. The van der Waals surface area contributed by atoms with Gasteiger partial charge in [0.15, 0.2) is 0 Å². The van der Waals surface area contributed by atoms with Crippen molar-refractivity contribution < 1.29 is 27.5 Å². The molecule has 0 aliphatic carbocycles. The van der Waals surface area contributed by atoms with Gasteiger partial charge in [-0.05, 0) is 67.6 Å². The summed E-state index contributed by atoms with van der Waals surface area (Å²) in [5, 5.41) is 8.70. The molecule has 2 heterocycles. The first kappa shape index (κ1) is 29.8. The van der Waals surface area contributed by atoms with Crippen LogP contribution in [0.1, 0.15) is 63.0 Å². The average molecular weight is 558 g/mol. The van der Waals surface area contributed by atoms with Crippen LogP contribution in [0.25, 0.3) is 0 Å². The van der Waals surface area contributed by atoms with E-state index in [4.69, 9.17) is 5.41 Å². The number of likely N-dealkylation sites (tertiary alicyclic amines) is 2. The quantitative estimate of drug-likeness (QED) is 0.334. The first-order valence-electron chi connectivity index (χ1n) is 13.9. The zero-order chi connectivity index (χ0) is 28.9. The monoisotopic (exact) mass is 557 g/mol. The summed E-state index contributed by atoms with van der Waals surface area (Å²) in [4.78, 5) is 29.4. The molecule has 1 amide bonds. The molecule has 1 N–H and O–H groups in total. The molecule has 2 fully saturated rings. The Morgan fingerprint density at radius 3 is 2.30 bits per heavy atom. The molecule has 0 unspecified atom stereocenters. The van der Waals surface area contributed by atoms with Crippen LogP contribution < -0.4 is 4.74 Å². The lowest BCUT2D eigenvalue weighted by molar-refractivity contribution is -0.274. The third kappa shape index (κ3) is 7.93. The summed E-state index contributed by atoms with van der Waals surface area (Å²) in [6.45, 7) is 7.30. The van der Waals surface area contributed by atoms with Crippen molar-refractivity contribution in [1.29, 1.82) is 5.41 Å². The van der Waals surface area contributed by atoms with E-state index in [0.717, 1.165) is 50.0 Å². The summed E-state index contributed by atoms with van der Waals surface area (Å²) in [5.41, 5.74) is 2.21. The van der Waals surface area contributed by atoms with Gasteiger partial charge in [-0.15, -0.1) is 13.2 Å². The van der Waals surface area contributed by atoms with Crippen LogP contribution in [-0.2, 0) is 16.1 Å². The Labute approximate surface area is 234 Å². The van der Waals surface area contributed by atoms with Gasteiger partial charge in [0.05, 0.1) is 0 Å². The van der Waals surface area contributed by atoms with Crippen LogP contribution in [0.2, 0.25) is 0 Å². The van der Waals surface area contributed by atoms with Gasteiger partial charge in [-0.3, -0.25) is 9.59 Å². The van der Waals surface area contributed by atoms with E-state index < -0.39 is 6.36 Å². The molecule has 2 aliphatic heterocycles. The van der Waals surface area contributed by atoms with E-state index in [1.807, 2.05) is 49.1 Å². The van der Waals surface area contributed by atoms with Gasteiger partial charge in [0.1, 0.15) is 11.5 Å². The number of ketones is 1. The maximum Gasteiger partial charge on any atom is 0.573 e. The molecular formula is C31H38F3N3O3. The maximum absolute atomic E-state index is 12.9. The van der Waals surface area contributed by atoms with Gasteiger partial charge in [0.2, 0.25) is 5.91 Å². The van der Waals surface area contributed by atoms with Gasteiger partial charge in [-0.25, -0.2) is 0 Å². The second kappa shape index (κ2) is 12.5. The molecule has 0 radical (unpaired) electrons. The Bertz CT molecular complexity index is 1170. The fourth-order valence-corrected chi connectivity index (χ4v) is 5.78. The summed E-state index contributed by atoms with van der Waals surface area (Å²) < 4.78 is 41.2. The molecule has 1 atom stereocenters. The SMILES string of the molecule is CC(C)C(=O)CC(=N)[C@@H](CCN1CCC2(CC1)CC(=O)N(Cc1ccc(OC(F)(F)F)cc1)C2)c1ccccc1. The number of halogens is 3. The van der Waals surface area contributed by atoms with Crippen LogP contribution in [0.15, 0.2) is 54.6 Å². The fourth-order valence-electron chi connectivity index (χ4n) is 5.78. The predicted molar refractivity (Wildman–Crippen MR) is 147 cm³/mol. The van der Waals surface area contributed by atoms with E-state index in [-0.39, 0.29) is 41.1 Å². The molecule has 216 valence electrons. The molecule has 2 aliphatic rings. The number of ether oxygens (including phenoxy) is 1. The molecule has 0 saturated carbocycles. The van der Waals surface area contributed by atoms with Crippen molar-refractivity contribution >= 4 is 17.4 Å². The summed E-state index contributed by atoms with van der Waals surface area (Å²) in [7, 11) is 0. The molecule has 6 nitrogen and oxygen atoms in total. The molecular weight excluding hydrogens is 519 g/mol. The number of rotatable bonds is 11. The number of Topliss-reactive ketones (excluding diaryl/α,β-unsaturated/α-hetero) is 1. The largest absolute Gasteiger partial charge is 0.573 e. The third-order valence-electron chi connectivity index (χ3n) is 8.22. The highest BCUT2D eigenvalue weighted by molar-refractivity contribution is 6.04. The van der Waals surface area contributed by atoms with Crippen molar-refractivity contribution in [2.24, 2.45) is 11.3 Å². The minimum absolute atomic E-state index is 0.0801. The van der Waals surface area contributed by atoms with Gasteiger partial charge < -0.3 is 19.9 Å². The van der Waals surface area contributed by atoms with Crippen LogP contribution in [-0.4, -0.2) is 59.7 Å². The van der Waals surface area contributed by atoms with Crippen molar-refractivity contribution in [3.8, 4) is 5.75 Å². The van der Waals surface area contributed by atoms with Gasteiger partial charge in [0.25, 0.3) is 0 Å². The smallest absolute Gasteiger partial charge is 0.406 e. The van der Waals surface area contributed by atoms with Crippen molar-refractivity contribution in [3.05, 3.63) is 65.7 Å². The highest BCUT2D eigenvalue weighted by atomic mass is 19.4. The average Bonchev–Trinajstić information content (AvgIpc) is 3.20. The molecule has 1 spiro atoms. The van der Waals surface area contributed by atoms with Gasteiger partial charge in [-0.2, -0.15) is 0 Å². The lowest BCUT2D eigenvalue weighted by Crippen LogP contribution is -2.42. The van der Waals surface area contributed by atoms with E-state index in [9.17, 15) is 22.8 Å². The lowest BCUT2D eigenvalue weighted by atomic mass is 9.77. The van der Waals surface area contributed by atoms with Crippen molar-refractivity contribution in [2.75, 3.05) is 26.2 Å². The van der Waals surface area contributed by atoms with Crippen LogP contribution in [0.3, 0.4) is 0 Å². The number of hydrogen-bond donors (Lipinski definition) is 1. The molecule has 9 heteroatoms. The minimum atomic E-state index is -4.73. The van der Waals surface area contributed by atoms with Crippen LogP contribution in [0, 0.1) is 16.7 Å². The lowest BCUT2D eigenvalue weighted by Gasteiger charge is -2.39. The van der Waals surface area contributed by atoms with Crippen LogP contribution >= 0.6 is 0 Å². The first-order chi connectivity index (χ1) is 18.9. The van der Waals surface area contributed by atoms with Crippen LogP contribution in [0.4, 0.5) is 13.2 Å². The summed E-state index contributed by atoms with van der Waals surface area (Å²) in [6.07, 6.45) is -1.51. The van der Waals surface area contributed by atoms with Crippen molar-refractivity contribution in [2.45, 2.75) is 64.8 Å². The van der Waals surface area contributed by atoms with Gasteiger partial charge in [-0.1, -0.05) is 56.3 Å². The number of amides is 1. The van der Waals surface area contributed by atoms with E-state index in [0.29, 0.717) is 25.2 Å². The Balaban J connectivity index is 1.30. The molecule has 40 heavy (non-hydrogen) atoms. The Morgan fingerprint density at radius 1 is 1.05 bits per heavy atom. The number of carbonyl (C=O) groups is 2. The molecule has 0 bridgehead atoms. The number of hydrogen-bond acceptors (Lipinski definition) is 5. The summed E-state index contributed by atoms with van der Waals surface area (Å²) in [5.74, 6) is -0.296. The highest BCUT2D eigenvalue weighted by Crippen LogP contribution is 2.42. The number of carbonyl (C=O) groups excluding carboxylic acids is 2. The number of benzene rings is 2. The summed E-state index contributed by atoms with van der Waals surface area (Å²) >= 11 is 0. The first-order valence-corrected chi connectivity index (χ1v) is 13.9. The number of piperidine rings is 1. The molecule has 4 rings (SSSR count). The topological polar surface area (TPSA) is 73.7 Å². The van der Waals surface area contributed by atoms with Crippen molar-refractivity contribution in [1.82, 2.24) is 9.80 Å². The van der Waals surface area contributed by atoms with E-state index in [2.05, 4.69) is 9.64 Å². The maximum atomic E-state index is 12.9. The van der Waals surface area contributed by atoms with Crippen molar-refractivity contribution in [3.63, 3.8) is 0 Å². The van der Waals surface area contributed by atoms with E-state index >= 15 is 0 Å². The normalized spacial score (nSPS) is 18.4. The standard InChI is InChI=1S/C31H38F3N3O3/c1-22(2)28(38)18-27(35)26(24-6-4-3-5-7-24)12-15-36-16-13-30(14-17-36)19-29(39)37(21-30)20-23-8-10-25(11-9-23)40-31(32,33)34/h3-11,22,26,35H,12-21H2,1-2H3/t26-/m0/s1. The molecule has 0 aromatic heterocycles. The molecule has 2 aromatic rings. The zero-order valence-electron chi connectivity index (χ0n) is 23.2. The number of alkyl halides is 3. The Hall–Kier alpha value is -3.20. The zero-order valence-corrected chi connectivity index (χ0v) is 23.2. The van der Waals surface area contributed by atoms with Gasteiger partial charge >= 0.3 is 6.36 Å². The third-order valence-corrected chi connectivity index (χ3v) is 8.22. The fraction of sp³-hybridized carbons (Fsp3) is 0.516. The van der Waals surface area contributed by atoms with Crippen LogP contribution in [0.5, 0.6) is 5.75 Å². The number of nitrogens with one attached hydrogen (secondary N) is 1. The number of nitrogens with zero attached hydrogens (tertiary/aromatic N) is 2. The molecule has 2 aromatic carbocycles.